The molecule has 0 bridgehead atoms. The summed E-state index contributed by atoms with van der Waals surface area (Å²) >= 11 is 0. The zero-order valence-corrected chi connectivity index (χ0v) is 32.2. The van der Waals surface area contributed by atoms with Crippen molar-refractivity contribution in [3.63, 3.8) is 0 Å². The lowest BCUT2D eigenvalue weighted by molar-refractivity contribution is 0.244. The van der Waals surface area contributed by atoms with Crippen molar-refractivity contribution in [1.29, 1.82) is 0 Å². The highest BCUT2D eigenvalue weighted by molar-refractivity contribution is 6.92. The predicted molar refractivity (Wildman–Crippen MR) is 169 cm³/mol. The van der Waals surface area contributed by atoms with Crippen molar-refractivity contribution in [3.8, 4) is 0 Å². The first-order chi connectivity index (χ1) is 16.9. The largest absolute Gasteiger partial charge is 0.439 e. The van der Waals surface area contributed by atoms with E-state index in [1.165, 1.54) is 0 Å². The van der Waals surface area contributed by atoms with Gasteiger partial charge in [-0.05, 0) is 72.5 Å². The van der Waals surface area contributed by atoms with Crippen LogP contribution in [0.25, 0.3) is 0 Å². The average molecular weight is 615 g/mol. The fraction of sp³-hybridized carbons (Fsp3) is 1.00. The normalized spacial score (nSPS) is 14.2. The molecule has 0 rings (SSSR count). The fourth-order valence-electron chi connectivity index (χ4n) is 4.78. The maximum atomic E-state index is 11.3. The van der Waals surface area contributed by atoms with Gasteiger partial charge in [-0.2, -0.15) is 0 Å². The van der Waals surface area contributed by atoms with Gasteiger partial charge in [-0.25, -0.2) is 0 Å². The zero-order valence-electron chi connectivity index (χ0n) is 26.1. The van der Waals surface area contributed by atoms with Crippen LogP contribution in [0.1, 0.15) is 83.1 Å². The highest BCUT2D eigenvalue weighted by Crippen LogP contribution is 2.38. The van der Waals surface area contributed by atoms with Gasteiger partial charge in [-0.1, -0.05) is 83.1 Å². The maximum absolute atomic E-state index is 11.3. The van der Waals surface area contributed by atoms with Gasteiger partial charge < -0.3 is 25.4 Å². The van der Waals surface area contributed by atoms with Crippen LogP contribution in [-0.4, -0.2) is 56.6 Å². The molecule has 0 aromatic heterocycles. The van der Waals surface area contributed by atoms with E-state index in [1.807, 2.05) is 13.8 Å². The molecule has 0 aromatic rings. The van der Waals surface area contributed by atoms with E-state index in [2.05, 4.69) is 69.2 Å². The molecule has 1 N–H and O–H groups in total. The Kier molecular flexibility index (Phi) is 17.5. The van der Waals surface area contributed by atoms with Crippen LogP contribution in [0.4, 0.5) is 0 Å². The average Bonchev–Trinajstić information content (AvgIpc) is 2.93. The van der Waals surface area contributed by atoms with Crippen LogP contribution in [0, 0.1) is 0 Å². The summed E-state index contributed by atoms with van der Waals surface area (Å²) in [5, 5.41) is 0. The molecule has 0 aliphatic rings. The standard InChI is InChI=1S/C24H62O6Si6/c1-13-31(14-2)26-33(17-5,18-6)28-35(21-9,22-10)30-36(23-11,24-12)29-34(19-7,20-8)27-32(25,15-3)16-4/h25,31H,13-24H2,1-12H3. The molecule has 0 spiro atoms. The van der Waals surface area contributed by atoms with Crippen LogP contribution in [0.5, 0.6) is 0 Å². The molecule has 0 saturated carbocycles. The summed E-state index contributed by atoms with van der Waals surface area (Å²) in [6.07, 6.45) is 0. The second-order valence-corrected chi connectivity index (χ2v) is 33.4. The summed E-state index contributed by atoms with van der Waals surface area (Å²) in [6, 6.07) is 10.8. The van der Waals surface area contributed by atoms with Crippen LogP contribution in [0.2, 0.25) is 72.5 Å². The Morgan fingerprint density at radius 2 is 0.694 bits per heavy atom. The number of hydrogen-bond donors (Lipinski definition) is 1. The van der Waals surface area contributed by atoms with E-state index >= 15 is 0 Å². The Morgan fingerprint density at radius 1 is 0.417 bits per heavy atom. The molecular formula is C24H62O6Si6. The molecule has 0 radical (unpaired) electrons. The minimum atomic E-state index is -2.78. The molecule has 6 nitrogen and oxygen atoms in total. The third-order valence-corrected chi connectivity index (χ3v) is 35.8. The molecule has 0 aliphatic carbocycles. The Bertz CT molecular complexity index is 575. The van der Waals surface area contributed by atoms with Crippen molar-refractivity contribution >= 4 is 51.8 Å². The zero-order chi connectivity index (χ0) is 28.1. The first-order valence-electron chi connectivity index (χ1n) is 15.1. The van der Waals surface area contributed by atoms with E-state index in [1.54, 1.807) is 0 Å². The van der Waals surface area contributed by atoms with Gasteiger partial charge in [0.25, 0.3) is 0 Å². The topological polar surface area (TPSA) is 66.4 Å². The van der Waals surface area contributed by atoms with Gasteiger partial charge in [0.1, 0.15) is 0 Å². The highest BCUT2D eigenvalue weighted by atomic mass is 28.5. The quantitative estimate of drug-likeness (QED) is 0.124. The number of hydrogen-bond acceptors (Lipinski definition) is 6. The van der Waals surface area contributed by atoms with Gasteiger partial charge in [-0.3, -0.25) is 0 Å². The smallest absolute Gasteiger partial charge is 0.326 e. The van der Waals surface area contributed by atoms with Gasteiger partial charge in [0, 0.05) is 0 Å². The lowest BCUT2D eigenvalue weighted by Crippen LogP contribution is -2.64. The summed E-state index contributed by atoms with van der Waals surface area (Å²) in [5.41, 5.74) is 0. The maximum Gasteiger partial charge on any atom is 0.326 e. The summed E-state index contributed by atoms with van der Waals surface area (Å²) in [7, 11) is -14.3. The van der Waals surface area contributed by atoms with E-state index in [0.717, 1.165) is 60.4 Å². The van der Waals surface area contributed by atoms with E-state index in [4.69, 9.17) is 20.6 Å². The van der Waals surface area contributed by atoms with Crippen molar-refractivity contribution in [1.82, 2.24) is 0 Å². The lowest BCUT2D eigenvalue weighted by Gasteiger charge is -2.48. The lowest BCUT2D eigenvalue weighted by atomic mass is 10.9. The highest BCUT2D eigenvalue weighted by Gasteiger charge is 2.55. The Morgan fingerprint density at radius 3 is 0.944 bits per heavy atom. The van der Waals surface area contributed by atoms with Crippen LogP contribution in [0.15, 0.2) is 0 Å². The predicted octanol–water partition coefficient (Wildman–Crippen LogP) is 8.24. The third kappa shape index (κ3) is 9.91. The molecule has 0 atom stereocenters. The van der Waals surface area contributed by atoms with Crippen LogP contribution in [-0.2, 0) is 20.6 Å². The van der Waals surface area contributed by atoms with Gasteiger partial charge in [-0.15, -0.1) is 0 Å². The Labute approximate surface area is 232 Å². The number of rotatable bonds is 22. The molecule has 36 heavy (non-hydrogen) atoms. The molecule has 0 fully saturated rings. The van der Waals surface area contributed by atoms with Crippen LogP contribution < -0.4 is 0 Å². The molecule has 0 unspecified atom stereocenters. The van der Waals surface area contributed by atoms with Gasteiger partial charge in [0.05, 0.1) is 0 Å². The summed E-state index contributed by atoms with van der Waals surface area (Å²) in [4.78, 5) is 11.3. The van der Waals surface area contributed by atoms with E-state index in [9.17, 15) is 4.80 Å². The summed E-state index contributed by atoms with van der Waals surface area (Å²) in [6.45, 7) is 26.4. The Hall–Kier alpha value is 1.06. The van der Waals surface area contributed by atoms with Crippen molar-refractivity contribution in [3.05, 3.63) is 0 Å². The second-order valence-electron chi connectivity index (χ2n) is 10.1. The molecule has 0 aromatic carbocycles. The second kappa shape index (κ2) is 17.0. The van der Waals surface area contributed by atoms with Crippen molar-refractivity contribution < 1.29 is 25.4 Å². The van der Waals surface area contributed by atoms with Crippen molar-refractivity contribution in [2.24, 2.45) is 0 Å². The van der Waals surface area contributed by atoms with Crippen molar-refractivity contribution in [2.75, 3.05) is 0 Å². The Balaban J connectivity index is 6.40. The van der Waals surface area contributed by atoms with E-state index in [0.29, 0.717) is 12.1 Å². The first kappa shape index (κ1) is 37.1. The molecule has 0 aliphatic heterocycles. The minimum Gasteiger partial charge on any atom is -0.439 e. The molecule has 0 saturated heterocycles. The van der Waals surface area contributed by atoms with Crippen molar-refractivity contribution in [2.45, 2.75) is 156 Å². The first-order valence-corrected chi connectivity index (χ1v) is 28.4. The molecule has 12 heteroatoms. The third-order valence-electron chi connectivity index (χ3n) is 8.20. The minimum absolute atomic E-state index is 0.694. The monoisotopic (exact) mass is 614 g/mol. The van der Waals surface area contributed by atoms with Crippen LogP contribution >= 0.6 is 0 Å². The molecule has 218 valence electrons. The van der Waals surface area contributed by atoms with E-state index in [-0.39, 0.29) is 0 Å². The summed E-state index contributed by atoms with van der Waals surface area (Å²) in [5.74, 6) is 0. The molecular weight excluding hydrogens is 553 g/mol. The summed E-state index contributed by atoms with van der Waals surface area (Å²) < 4.78 is 35.6. The fourth-order valence-corrected chi connectivity index (χ4v) is 35.3. The van der Waals surface area contributed by atoms with E-state index < -0.39 is 51.8 Å². The van der Waals surface area contributed by atoms with Gasteiger partial charge >= 0.3 is 42.8 Å². The van der Waals surface area contributed by atoms with Crippen LogP contribution in [0.3, 0.4) is 0 Å². The van der Waals surface area contributed by atoms with Gasteiger partial charge in [0.15, 0.2) is 9.04 Å². The SMILES string of the molecule is CC[SiH](CC)O[Si](CC)(CC)O[Si](CC)(CC)O[Si](CC)(CC)O[Si](CC)(CC)O[Si](O)(CC)CC. The van der Waals surface area contributed by atoms with Gasteiger partial charge in [0.2, 0.25) is 0 Å². The molecule has 0 amide bonds. The molecule has 0 heterocycles.